The van der Waals surface area contributed by atoms with Gasteiger partial charge in [0.2, 0.25) is 0 Å². The zero-order valence-corrected chi connectivity index (χ0v) is 20.4. The Morgan fingerprint density at radius 2 is 1.78 bits per heavy atom. The summed E-state index contributed by atoms with van der Waals surface area (Å²) >= 11 is 0. The molecule has 1 saturated heterocycles. The molecule has 0 aliphatic carbocycles. The maximum Gasteiger partial charge on any atom is 0.414 e. The number of ether oxygens (including phenoxy) is 1. The molecule has 3 heterocycles. The molecule has 0 saturated carbocycles. The van der Waals surface area contributed by atoms with Crippen LogP contribution >= 0.6 is 0 Å². The molecule has 1 fully saturated rings. The molecule has 3 aromatic rings. The van der Waals surface area contributed by atoms with Gasteiger partial charge in [-0.25, -0.2) is 0 Å². The molecule has 1 amide bonds. The summed E-state index contributed by atoms with van der Waals surface area (Å²) in [6.07, 6.45) is 1.43. The van der Waals surface area contributed by atoms with Gasteiger partial charge in [-0.1, -0.05) is 36.4 Å². The maximum atomic E-state index is 13.0. The van der Waals surface area contributed by atoms with Gasteiger partial charge in [0.1, 0.15) is 12.8 Å². The summed E-state index contributed by atoms with van der Waals surface area (Å²) in [6, 6.07) is 16.6. The Labute approximate surface area is 209 Å². The van der Waals surface area contributed by atoms with Crippen LogP contribution in [0.15, 0.2) is 54.7 Å². The first-order valence-corrected chi connectivity index (χ1v) is 12.2. The van der Waals surface area contributed by atoms with Crippen molar-refractivity contribution in [2.24, 2.45) is 0 Å². The Kier molecular flexibility index (Phi) is 6.97. The molecule has 0 spiro atoms. The van der Waals surface area contributed by atoms with Gasteiger partial charge < -0.3 is 24.7 Å². The minimum Gasteiger partial charge on any atom is -0.444 e. The topological polar surface area (TPSA) is 97.0 Å². The minimum absolute atomic E-state index is 0.0900. The van der Waals surface area contributed by atoms with Crippen LogP contribution < -0.4 is 4.74 Å². The molecule has 1 aromatic heterocycles. The van der Waals surface area contributed by atoms with Crippen LogP contribution in [0.1, 0.15) is 15.9 Å². The van der Waals surface area contributed by atoms with Gasteiger partial charge in [-0.2, -0.15) is 0 Å². The van der Waals surface area contributed by atoms with Gasteiger partial charge in [0.15, 0.2) is 0 Å². The van der Waals surface area contributed by atoms with Gasteiger partial charge in [0.05, 0.1) is 0 Å². The van der Waals surface area contributed by atoms with Gasteiger partial charge >= 0.3 is 11.8 Å². The van der Waals surface area contributed by atoms with E-state index in [1.807, 2.05) is 29.2 Å². The zero-order chi connectivity index (χ0) is 25.1. The molecule has 0 N–H and O–H groups in total. The highest BCUT2D eigenvalue weighted by atomic mass is 16.6. The third kappa shape index (κ3) is 5.39. The van der Waals surface area contributed by atoms with Crippen LogP contribution in [-0.4, -0.2) is 88.0 Å². The number of hydrogen-bond acceptors (Lipinski definition) is 7. The third-order valence-corrected chi connectivity index (χ3v) is 6.80. The van der Waals surface area contributed by atoms with Crippen LogP contribution in [-0.2, 0) is 13.1 Å². The Bertz CT molecular complexity index is 1230. The van der Waals surface area contributed by atoms with E-state index in [1.165, 1.54) is 11.8 Å². The number of carbonyl (C=O) groups excluding carboxylic acids is 1. The van der Waals surface area contributed by atoms with Crippen LogP contribution in [0, 0.1) is 10.1 Å². The molecule has 10 nitrogen and oxygen atoms in total. The van der Waals surface area contributed by atoms with Gasteiger partial charge in [-0.3, -0.25) is 14.3 Å². The summed E-state index contributed by atoms with van der Waals surface area (Å²) in [7, 11) is 2.08. The Balaban J connectivity index is 1.22. The molecular weight excluding hydrogens is 460 g/mol. The van der Waals surface area contributed by atoms with Crippen molar-refractivity contribution in [3.05, 3.63) is 76.0 Å². The van der Waals surface area contributed by atoms with Crippen molar-refractivity contribution in [1.82, 2.24) is 24.3 Å². The lowest BCUT2D eigenvalue weighted by atomic mass is 10.0. The van der Waals surface area contributed by atoms with E-state index < -0.39 is 4.92 Å². The van der Waals surface area contributed by atoms with E-state index in [0.29, 0.717) is 25.7 Å². The molecule has 0 unspecified atom stereocenters. The molecule has 188 valence electrons. The van der Waals surface area contributed by atoms with Gasteiger partial charge in [-0.05, 0) is 40.8 Å². The van der Waals surface area contributed by atoms with Crippen molar-refractivity contribution in [1.29, 1.82) is 0 Å². The summed E-state index contributed by atoms with van der Waals surface area (Å²) in [5, 5.41) is 11.0. The Hall–Kier alpha value is -3.76. The minimum atomic E-state index is -0.501. The summed E-state index contributed by atoms with van der Waals surface area (Å²) in [5.74, 6) is -0.101. The first kappa shape index (κ1) is 24.0. The van der Waals surface area contributed by atoms with Crippen molar-refractivity contribution in [2.45, 2.75) is 13.1 Å². The predicted molar refractivity (Wildman–Crippen MR) is 135 cm³/mol. The molecule has 2 aromatic carbocycles. The van der Waals surface area contributed by atoms with Crippen molar-refractivity contribution in [3.63, 3.8) is 0 Å². The number of fused-ring (bicyclic) bond motifs is 1. The van der Waals surface area contributed by atoms with E-state index in [9.17, 15) is 14.9 Å². The van der Waals surface area contributed by atoms with Crippen molar-refractivity contribution in [3.8, 4) is 17.1 Å². The Morgan fingerprint density at radius 1 is 1.00 bits per heavy atom. The first-order chi connectivity index (χ1) is 17.5. The maximum absolute atomic E-state index is 13.0. The summed E-state index contributed by atoms with van der Waals surface area (Å²) in [5.41, 5.74) is 3.98. The average molecular weight is 491 g/mol. The number of carbonyl (C=O) groups is 1. The number of aromatic nitrogens is 2. The molecule has 10 heteroatoms. The summed E-state index contributed by atoms with van der Waals surface area (Å²) in [4.78, 5) is 33.9. The highest BCUT2D eigenvalue weighted by Gasteiger charge is 2.23. The lowest BCUT2D eigenvalue weighted by Crippen LogP contribution is -2.47. The smallest absolute Gasteiger partial charge is 0.414 e. The lowest BCUT2D eigenvalue weighted by molar-refractivity contribution is -0.389. The number of benzene rings is 2. The SMILES string of the molecule is CN1CCN(C(=O)c2cccc(-c3ccc(CN4CCOc5nc([N+](=O)[O-])cn5CC4)cc3)c2)CC1. The molecular formula is C26H30N6O4. The van der Waals surface area contributed by atoms with E-state index >= 15 is 0 Å². The zero-order valence-electron chi connectivity index (χ0n) is 20.4. The van der Waals surface area contributed by atoms with E-state index in [4.69, 9.17) is 4.74 Å². The van der Waals surface area contributed by atoms with Gasteiger partial charge in [0.25, 0.3) is 5.91 Å². The van der Waals surface area contributed by atoms with Crippen molar-refractivity contribution in [2.75, 3.05) is 52.9 Å². The van der Waals surface area contributed by atoms with E-state index in [2.05, 4.69) is 46.1 Å². The van der Waals surface area contributed by atoms with Crippen molar-refractivity contribution < 1.29 is 14.5 Å². The number of rotatable bonds is 5. The first-order valence-electron chi connectivity index (χ1n) is 12.2. The van der Waals surface area contributed by atoms with E-state index in [0.717, 1.165) is 56.0 Å². The van der Waals surface area contributed by atoms with Crippen LogP contribution in [0.4, 0.5) is 5.82 Å². The number of nitro groups is 1. The fourth-order valence-electron chi connectivity index (χ4n) is 4.62. The number of piperazine rings is 1. The fraction of sp³-hybridized carbons (Fsp3) is 0.385. The Morgan fingerprint density at radius 3 is 2.53 bits per heavy atom. The van der Waals surface area contributed by atoms with Crippen LogP contribution in [0.25, 0.3) is 11.1 Å². The lowest BCUT2D eigenvalue weighted by Gasteiger charge is -2.32. The standard InChI is InChI=1S/C26H30N6O4/c1-28-9-12-30(13-10-28)25(33)23-4-2-3-22(17-23)21-7-5-20(6-8-21)18-29-11-14-31-19-24(32(34)35)27-26(31)36-16-15-29/h2-8,17,19H,9-16,18H2,1H3. The summed E-state index contributed by atoms with van der Waals surface area (Å²) in [6.45, 7) is 6.50. The second-order valence-corrected chi connectivity index (χ2v) is 9.33. The number of imidazole rings is 1. The third-order valence-electron chi connectivity index (χ3n) is 6.80. The molecule has 0 atom stereocenters. The predicted octanol–water partition coefficient (Wildman–Crippen LogP) is 2.74. The number of nitrogens with zero attached hydrogens (tertiary/aromatic N) is 6. The molecule has 5 rings (SSSR count). The molecule has 2 aliphatic rings. The quantitative estimate of drug-likeness (QED) is 0.401. The molecule has 2 aliphatic heterocycles. The van der Waals surface area contributed by atoms with Crippen LogP contribution in [0.3, 0.4) is 0 Å². The second kappa shape index (κ2) is 10.5. The second-order valence-electron chi connectivity index (χ2n) is 9.33. The fourth-order valence-corrected chi connectivity index (χ4v) is 4.62. The molecule has 0 bridgehead atoms. The normalized spacial score (nSPS) is 17.1. The van der Waals surface area contributed by atoms with Crippen LogP contribution in [0.2, 0.25) is 0 Å². The average Bonchev–Trinajstić information content (AvgIpc) is 3.29. The van der Waals surface area contributed by atoms with E-state index in [-0.39, 0.29) is 11.7 Å². The van der Waals surface area contributed by atoms with E-state index in [1.54, 1.807) is 4.57 Å². The number of likely N-dealkylation sites (N-methyl/N-ethyl adjacent to an activating group) is 1. The van der Waals surface area contributed by atoms with Gasteiger partial charge in [0, 0.05) is 62.9 Å². The molecule has 36 heavy (non-hydrogen) atoms. The summed E-state index contributed by atoms with van der Waals surface area (Å²) < 4.78 is 7.35. The number of amides is 1. The molecule has 0 radical (unpaired) electrons. The van der Waals surface area contributed by atoms with Crippen molar-refractivity contribution >= 4 is 11.7 Å². The largest absolute Gasteiger partial charge is 0.444 e. The monoisotopic (exact) mass is 490 g/mol. The number of hydrogen-bond donors (Lipinski definition) is 0. The van der Waals surface area contributed by atoms with Crippen LogP contribution in [0.5, 0.6) is 6.01 Å². The van der Waals surface area contributed by atoms with Gasteiger partial charge in [-0.15, -0.1) is 0 Å². The highest BCUT2D eigenvalue weighted by molar-refractivity contribution is 5.95. The highest BCUT2D eigenvalue weighted by Crippen LogP contribution is 2.23.